The van der Waals surface area contributed by atoms with Crippen molar-refractivity contribution >= 4 is 11.6 Å². The van der Waals surface area contributed by atoms with Crippen molar-refractivity contribution in [3.05, 3.63) is 78.3 Å². The van der Waals surface area contributed by atoms with Crippen molar-refractivity contribution in [2.45, 2.75) is 20.3 Å². The average molecular weight is 373 g/mol. The number of nitrogens with zero attached hydrogens (tertiary/aromatic N) is 6. The number of hydrogen-bond donors (Lipinski definition) is 1. The molecule has 0 saturated carbocycles. The van der Waals surface area contributed by atoms with E-state index in [1.165, 1.54) is 11.9 Å². The van der Waals surface area contributed by atoms with Gasteiger partial charge in [-0.1, -0.05) is 24.6 Å². The highest BCUT2D eigenvalue weighted by Crippen LogP contribution is 2.18. The van der Waals surface area contributed by atoms with Crippen molar-refractivity contribution in [2.24, 2.45) is 0 Å². The van der Waals surface area contributed by atoms with Gasteiger partial charge in [0, 0.05) is 0 Å². The Morgan fingerprint density at radius 3 is 2.54 bits per heavy atom. The first kappa shape index (κ1) is 17.6. The largest absolute Gasteiger partial charge is 0.320 e. The third-order valence-electron chi connectivity index (χ3n) is 4.39. The summed E-state index contributed by atoms with van der Waals surface area (Å²) in [7, 11) is 0. The molecule has 8 heteroatoms. The van der Waals surface area contributed by atoms with E-state index >= 15 is 0 Å². The molecule has 0 aliphatic carbocycles. The van der Waals surface area contributed by atoms with E-state index in [4.69, 9.17) is 0 Å². The zero-order valence-corrected chi connectivity index (χ0v) is 15.6. The summed E-state index contributed by atoms with van der Waals surface area (Å²) in [4.78, 5) is 21.0. The third-order valence-corrected chi connectivity index (χ3v) is 4.39. The molecule has 4 aromatic rings. The molecule has 8 nitrogen and oxygen atoms in total. The molecule has 1 N–H and O–H groups in total. The molecule has 0 spiro atoms. The summed E-state index contributed by atoms with van der Waals surface area (Å²) in [5.41, 5.74) is 4.10. The lowest BCUT2D eigenvalue weighted by atomic mass is 10.1. The number of pyridine rings is 1. The second kappa shape index (κ2) is 7.43. The lowest BCUT2D eigenvalue weighted by Crippen LogP contribution is -2.14. The molecule has 3 heterocycles. The van der Waals surface area contributed by atoms with Crippen LogP contribution in [0.2, 0.25) is 0 Å². The number of hydrogen-bond acceptors (Lipinski definition) is 5. The van der Waals surface area contributed by atoms with Crippen LogP contribution in [0.3, 0.4) is 0 Å². The van der Waals surface area contributed by atoms with Gasteiger partial charge in [-0.15, -0.1) is 0 Å². The first-order valence-corrected chi connectivity index (χ1v) is 8.92. The van der Waals surface area contributed by atoms with Crippen LogP contribution in [-0.4, -0.2) is 35.4 Å². The minimum Gasteiger partial charge on any atom is -0.320 e. The maximum absolute atomic E-state index is 12.8. The van der Waals surface area contributed by atoms with Gasteiger partial charge in [-0.25, -0.2) is 19.3 Å². The second-order valence-electron chi connectivity index (χ2n) is 6.31. The van der Waals surface area contributed by atoms with Crippen LogP contribution in [-0.2, 0) is 6.42 Å². The summed E-state index contributed by atoms with van der Waals surface area (Å²) in [6.07, 6.45) is 6.87. The molecule has 0 aliphatic rings. The van der Waals surface area contributed by atoms with Gasteiger partial charge < -0.3 is 5.32 Å². The molecule has 1 aromatic carbocycles. The molecule has 0 unspecified atom stereocenters. The standard InChI is InChI=1S/C20H19N7O/c1-3-18-17(11-23-27(18)16-7-4-14(2)5-8-16)20(28)25-15-6-9-19(22-10-15)26-13-21-12-24-26/h4-13H,3H2,1-2H3,(H,25,28). The van der Waals surface area contributed by atoms with Crippen LogP contribution in [0, 0.1) is 6.92 Å². The van der Waals surface area contributed by atoms with Gasteiger partial charge in [0.05, 0.1) is 35.0 Å². The zero-order valence-electron chi connectivity index (χ0n) is 15.6. The quantitative estimate of drug-likeness (QED) is 0.581. The van der Waals surface area contributed by atoms with Gasteiger partial charge in [0.2, 0.25) is 0 Å². The first-order chi connectivity index (χ1) is 13.7. The zero-order chi connectivity index (χ0) is 19.5. The van der Waals surface area contributed by atoms with Crippen LogP contribution < -0.4 is 5.32 Å². The van der Waals surface area contributed by atoms with Crippen LogP contribution in [0.25, 0.3) is 11.5 Å². The number of aryl methyl sites for hydroxylation is 1. The molecule has 4 rings (SSSR count). The summed E-state index contributed by atoms with van der Waals surface area (Å²) in [6, 6.07) is 11.6. The van der Waals surface area contributed by atoms with E-state index in [1.54, 1.807) is 40.2 Å². The van der Waals surface area contributed by atoms with Crippen molar-refractivity contribution < 1.29 is 4.79 Å². The maximum atomic E-state index is 12.8. The predicted molar refractivity (Wildman–Crippen MR) is 105 cm³/mol. The predicted octanol–water partition coefficient (Wildman–Crippen LogP) is 2.97. The molecule has 140 valence electrons. The number of nitrogens with one attached hydrogen (secondary N) is 1. The maximum Gasteiger partial charge on any atom is 0.259 e. The summed E-state index contributed by atoms with van der Waals surface area (Å²) < 4.78 is 3.35. The Balaban J connectivity index is 1.56. The van der Waals surface area contributed by atoms with Crippen molar-refractivity contribution in [1.29, 1.82) is 0 Å². The molecule has 0 radical (unpaired) electrons. The van der Waals surface area contributed by atoms with Crippen molar-refractivity contribution in [3.63, 3.8) is 0 Å². The van der Waals surface area contributed by atoms with Gasteiger partial charge in [0.1, 0.15) is 12.7 Å². The molecular weight excluding hydrogens is 354 g/mol. The van der Waals surface area contributed by atoms with Crippen LogP contribution in [0.5, 0.6) is 0 Å². The van der Waals surface area contributed by atoms with Crippen LogP contribution in [0.15, 0.2) is 61.4 Å². The number of rotatable bonds is 5. The molecular formula is C20H19N7O. The fourth-order valence-corrected chi connectivity index (χ4v) is 2.93. The van der Waals surface area contributed by atoms with Crippen molar-refractivity contribution in [1.82, 2.24) is 29.5 Å². The fraction of sp³-hybridized carbons (Fsp3) is 0.150. The number of amides is 1. The van der Waals surface area contributed by atoms with Gasteiger partial charge >= 0.3 is 0 Å². The van der Waals surface area contributed by atoms with Gasteiger partial charge in [0.15, 0.2) is 5.82 Å². The van der Waals surface area contributed by atoms with E-state index in [9.17, 15) is 4.79 Å². The highest BCUT2D eigenvalue weighted by molar-refractivity contribution is 6.05. The molecule has 3 aromatic heterocycles. The molecule has 0 aliphatic heterocycles. The number of benzene rings is 1. The number of aromatic nitrogens is 6. The highest BCUT2D eigenvalue weighted by atomic mass is 16.1. The summed E-state index contributed by atoms with van der Waals surface area (Å²) >= 11 is 0. The smallest absolute Gasteiger partial charge is 0.259 e. The Bertz CT molecular complexity index is 1080. The average Bonchev–Trinajstić information content (AvgIpc) is 3.39. The molecule has 0 saturated heterocycles. The van der Waals surface area contributed by atoms with Crippen LogP contribution in [0.4, 0.5) is 5.69 Å². The first-order valence-electron chi connectivity index (χ1n) is 8.92. The van der Waals surface area contributed by atoms with Crippen molar-refractivity contribution in [2.75, 3.05) is 5.32 Å². The van der Waals surface area contributed by atoms with E-state index in [0.29, 0.717) is 23.5 Å². The van der Waals surface area contributed by atoms with Crippen LogP contribution >= 0.6 is 0 Å². The van der Waals surface area contributed by atoms with E-state index in [2.05, 4.69) is 25.5 Å². The Kier molecular flexibility index (Phi) is 4.67. The topological polar surface area (TPSA) is 90.5 Å². The number of carbonyl (C=O) groups excluding carboxylic acids is 1. The third kappa shape index (κ3) is 3.39. The molecule has 0 fully saturated rings. The fourth-order valence-electron chi connectivity index (χ4n) is 2.93. The summed E-state index contributed by atoms with van der Waals surface area (Å²) in [5.74, 6) is 0.405. The van der Waals surface area contributed by atoms with E-state index in [1.807, 2.05) is 38.1 Å². The Hall–Kier alpha value is -3.81. The lowest BCUT2D eigenvalue weighted by Gasteiger charge is -2.09. The number of carbonyl (C=O) groups is 1. The normalized spacial score (nSPS) is 10.8. The van der Waals surface area contributed by atoms with E-state index in [0.717, 1.165) is 11.4 Å². The molecule has 0 atom stereocenters. The van der Waals surface area contributed by atoms with Gasteiger partial charge in [-0.2, -0.15) is 10.2 Å². The second-order valence-corrected chi connectivity index (χ2v) is 6.31. The Morgan fingerprint density at radius 2 is 1.89 bits per heavy atom. The Morgan fingerprint density at radius 1 is 1.07 bits per heavy atom. The highest BCUT2D eigenvalue weighted by Gasteiger charge is 2.17. The van der Waals surface area contributed by atoms with Gasteiger partial charge in [0.25, 0.3) is 5.91 Å². The Labute approximate surface area is 161 Å². The monoisotopic (exact) mass is 373 g/mol. The minimum atomic E-state index is -0.217. The minimum absolute atomic E-state index is 0.217. The van der Waals surface area contributed by atoms with Gasteiger partial charge in [-0.05, 0) is 37.6 Å². The summed E-state index contributed by atoms with van der Waals surface area (Å²) in [5, 5.41) is 11.3. The summed E-state index contributed by atoms with van der Waals surface area (Å²) in [6.45, 7) is 4.04. The SMILES string of the molecule is CCc1c(C(=O)Nc2ccc(-n3cncn3)nc2)cnn1-c1ccc(C)cc1. The molecule has 0 bridgehead atoms. The van der Waals surface area contributed by atoms with Crippen molar-refractivity contribution in [3.8, 4) is 11.5 Å². The molecule has 28 heavy (non-hydrogen) atoms. The lowest BCUT2D eigenvalue weighted by molar-refractivity contribution is 0.102. The number of anilines is 1. The molecule has 1 amide bonds. The van der Waals surface area contributed by atoms with Crippen LogP contribution in [0.1, 0.15) is 28.5 Å². The van der Waals surface area contributed by atoms with E-state index in [-0.39, 0.29) is 5.91 Å². The van der Waals surface area contributed by atoms with Gasteiger partial charge in [-0.3, -0.25) is 4.79 Å². The van der Waals surface area contributed by atoms with E-state index < -0.39 is 0 Å².